The van der Waals surface area contributed by atoms with Gasteiger partial charge in [0.1, 0.15) is 5.60 Å². The summed E-state index contributed by atoms with van der Waals surface area (Å²) < 4.78 is 10.4. The summed E-state index contributed by atoms with van der Waals surface area (Å²) >= 11 is 0. The van der Waals surface area contributed by atoms with E-state index in [1.165, 1.54) is 0 Å². The van der Waals surface area contributed by atoms with Gasteiger partial charge in [0, 0.05) is 38.7 Å². The summed E-state index contributed by atoms with van der Waals surface area (Å²) in [5.74, 6) is 0.0836. The van der Waals surface area contributed by atoms with E-state index in [0.29, 0.717) is 26.1 Å². The molecule has 1 aliphatic heterocycles. The van der Waals surface area contributed by atoms with Crippen molar-refractivity contribution in [3.05, 3.63) is 0 Å². The zero-order valence-electron chi connectivity index (χ0n) is 14.0. The molecule has 1 fully saturated rings. The highest BCUT2D eigenvalue weighted by atomic mass is 16.6. The predicted molar refractivity (Wildman–Crippen MR) is 83.7 cm³/mol. The van der Waals surface area contributed by atoms with Crippen LogP contribution in [0.3, 0.4) is 0 Å². The Balaban J connectivity index is 2.21. The molecule has 0 aromatic carbocycles. The van der Waals surface area contributed by atoms with E-state index in [1.807, 2.05) is 20.8 Å². The number of amides is 2. The Bertz CT molecular complexity index is 368. The van der Waals surface area contributed by atoms with Crippen LogP contribution in [0.25, 0.3) is 0 Å². The molecule has 1 heterocycles. The first-order chi connectivity index (χ1) is 10.3. The van der Waals surface area contributed by atoms with E-state index in [0.717, 1.165) is 12.8 Å². The van der Waals surface area contributed by atoms with E-state index in [4.69, 9.17) is 9.47 Å². The number of carbonyl (C=O) groups is 2. The standard InChI is InChI=1S/C15H29N3O4/c1-15(2,3)22-14(20)16-7-5-6-11(10-21-4)18-12-8-13(19)17-9-12/h11-12,18H,5-10H2,1-4H3,(H,16,20)(H,17,19). The van der Waals surface area contributed by atoms with Crippen molar-refractivity contribution in [3.8, 4) is 0 Å². The van der Waals surface area contributed by atoms with Crippen LogP contribution in [0, 0.1) is 0 Å². The van der Waals surface area contributed by atoms with E-state index in [1.54, 1.807) is 7.11 Å². The first-order valence-corrected chi connectivity index (χ1v) is 7.78. The van der Waals surface area contributed by atoms with Crippen LogP contribution in [0.5, 0.6) is 0 Å². The van der Waals surface area contributed by atoms with Gasteiger partial charge in [-0.25, -0.2) is 4.79 Å². The van der Waals surface area contributed by atoms with Crippen LogP contribution in [-0.2, 0) is 14.3 Å². The first kappa shape index (κ1) is 18.7. The van der Waals surface area contributed by atoms with E-state index in [-0.39, 0.29) is 18.0 Å². The molecule has 0 radical (unpaired) electrons. The van der Waals surface area contributed by atoms with Crippen LogP contribution in [0.4, 0.5) is 4.79 Å². The van der Waals surface area contributed by atoms with Gasteiger partial charge in [-0.05, 0) is 33.6 Å². The lowest BCUT2D eigenvalue weighted by Gasteiger charge is -2.22. The summed E-state index contributed by atoms with van der Waals surface area (Å²) in [5.41, 5.74) is -0.480. The summed E-state index contributed by atoms with van der Waals surface area (Å²) in [6, 6.07) is 0.328. The van der Waals surface area contributed by atoms with Gasteiger partial charge in [-0.3, -0.25) is 4.79 Å². The molecule has 1 saturated heterocycles. The molecule has 7 heteroatoms. The molecule has 22 heavy (non-hydrogen) atoms. The number of hydrogen-bond donors (Lipinski definition) is 3. The molecule has 2 atom stereocenters. The molecule has 0 bridgehead atoms. The van der Waals surface area contributed by atoms with Gasteiger partial charge in [0.15, 0.2) is 0 Å². The quantitative estimate of drug-likeness (QED) is 0.576. The van der Waals surface area contributed by atoms with Gasteiger partial charge in [-0.15, -0.1) is 0 Å². The maximum atomic E-state index is 11.5. The minimum Gasteiger partial charge on any atom is -0.444 e. The molecule has 2 amide bonds. The molecule has 0 aromatic rings. The first-order valence-electron chi connectivity index (χ1n) is 7.78. The molecule has 1 aliphatic rings. The predicted octanol–water partition coefficient (Wildman–Crippen LogP) is 0.784. The number of hydrogen-bond acceptors (Lipinski definition) is 5. The molecule has 7 nitrogen and oxygen atoms in total. The number of rotatable bonds is 8. The Morgan fingerprint density at radius 2 is 2.18 bits per heavy atom. The van der Waals surface area contributed by atoms with E-state index < -0.39 is 11.7 Å². The minimum absolute atomic E-state index is 0.0836. The van der Waals surface area contributed by atoms with Crippen molar-refractivity contribution in [1.82, 2.24) is 16.0 Å². The number of carbonyl (C=O) groups excluding carboxylic acids is 2. The smallest absolute Gasteiger partial charge is 0.407 e. The van der Waals surface area contributed by atoms with Gasteiger partial charge in [0.25, 0.3) is 0 Å². The van der Waals surface area contributed by atoms with Gasteiger partial charge < -0.3 is 25.4 Å². The molecule has 128 valence electrons. The number of alkyl carbamates (subject to hydrolysis) is 1. The lowest BCUT2D eigenvalue weighted by atomic mass is 10.1. The molecule has 3 N–H and O–H groups in total. The van der Waals surface area contributed by atoms with E-state index in [9.17, 15) is 9.59 Å². The van der Waals surface area contributed by atoms with Crippen molar-refractivity contribution in [2.75, 3.05) is 26.8 Å². The molecule has 0 aromatic heterocycles. The SMILES string of the molecule is COCC(CCCNC(=O)OC(C)(C)C)NC1CNC(=O)C1. The van der Waals surface area contributed by atoms with Gasteiger partial charge in [-0.2, -0.15) is 0 Å². The van der Waals surface area contributed by atoms with Crippen molar-refractivity contribution in [1.29, 1.82) is 0 Å². The third kappa shape index (κ3) is 8.19. The van der Waals surface area contributed by atoms with Crippen molar-refractivity contribution in [2.24, 2.45) is 0 Å². The lowest BCUT2D eigenvalue weighted by Crippen LogP contribution is -2.42. The number of nitrogens with one attached hydrogen (secondary N) is 3. The summed E-state index contributed by atoms with van der Waals surface area (Å²) in [6.45, 7) is 7.30. The highest BCUT2D eigenvalue weighted by Crippen LogP contribution is 2.07. The van der Waals surface area contributed by atoms with Crippen LogP contribution in [-0.4, -0.2) is 56.5 Å². The Hall–Kier alpha value is -1.34. The van der Waals surface area contributed by atoms with Crippen LogP contribution >= 0.6 is 0 Å². The Labute approximate surface area is 132 Å². The zero-order chi connectivity index (χ0) is 16.6. The Morgan fingerprint density at radius 1 is 1.45 bits per heavy atom. The summed E-state index contributed by atoms with van der Waals surface area (Å²) in [5, 5.41) is 8.97. The third-order valence-corrected chi connectivity index (χ3v) is 3.21. The second kappa shape index (κ2) is 8.95. The lowest BCUT2D eigenvalue weighted by molar-refractivity contribution is -0.119. The second-order valence-electron chi connectivity index (χ2n) is 6.59. The third-order valence-electron chi connectivity index (χ3n) is 3.21. The van der Waals surface area contributed by atoms with Gasteiger partial charge >= 0.3 is 6.09 Å². The largest absolute Gasteiger partial charge is 0.444 e. The van der Waals surface area contributed by atoms with Crippen molar-refractivity contribution >= 4 is 12.0 Å². The summed E-state index contributed by atoms with van der Waals surface area (Å²) in [6.07, 6.45) is 1.79. The molecule has 2 unspecified atom stereocenters. The molecule has 0 spiro atoms. The fourth-order valence-corrected chi connectivity index (χ4v) is 2.33. The average Bonchev–Trinajstić information content (AvgIpc) is 2.78. The fraction of sp³-hybridized carbons (Fsp3) is 0.867. The fourth-order valence-electron chi connectivity index (χ4n) is 2.33. The average molecular weight is 315 g/mol. The van der Waals surface area contributed by atoms with Crippen LogP contribution in [0.1, 0.15) is 40.0 Å². The van der Waals surface area contributed by atoms with Crippen molar-refractivity contribution in [3.63, 3.8) is 0 Å². The number of ether oxygens (including phenoxy) is 2. The van der Waals surface area contributed by atoms with Crippen molar-refractivity contribution in [2.45, 2.75) is 57.7 Å². The minimum atomic E-state index is -0.480. The Kier molecular flexibility index (Phi) is 7.61. The number of methoxy groups -OCH3 is 1. The van der Waals surface area contributed by atoms with E-state index in [2.05, 4.69) is 16.0 Å². The molecule has 0 aliphatic carbocycles. The highest BCUT2D eigenvalue weighted by Gasteiger charge is 2.23. The van der Waals surface area contributed by atoms with Crippen molar-refractivity contribution < 1.29 is 19.1 Å². The summed E-state index contributed by atoms with van der Waals surface area (Å²) in [4.78, 5) is 22.7. The van der Waals surface area contributed by atoms with Crippen LogP contribution in [0.2, 0.25) is 0 Å². The van der Waals surface area contributed by atoms with E-state index >= 15 is 0 Å². The maximum Gasteiger partial charge on any atom is 0.407 e. The summed E-state index contributed by atoms with van der Waals surface area (Å²) in [7, 11) is 1.66. The zero-order valence-corrected chi connectivity index (χ0v) is 14.0. The van der Waals surface area contributed by atoms with Crippen LogP contribution < -0.4 is 16.0 Å². The maximum absolute atomic E-state index is 11.5. The van der Waals surface area contributed by atoms with Crippen LogP contribution in [0.15, 0.2) is 0 Å². The molecule has 1 rings (SSSR count). The van der Waals surface area contributed by atoms with Gasteiger partial charge in [0.2, 0.25) is 5.91 Å². The Morgan fingerprint density at radius 3 is 2.73 bits per heavy atom. The monoisotopic (exact) mass is 315 g/mol. The molecule has 0 saturated carbocycles. The molecular weight excluding hydrogens is 286 g/mol. The molecular formula is C15H29N3O4. The second-order valence-corrected chi connectivity index (χ2v) is 6.59. The highest BCUT2D eigenvalue weighted by molar-refractivity contribution is 5.78. The normalized spacial score (nSPS) is 19.6. The topological polar surface area (TPSA) is 88.7 Å². The van der Waals surface area contributed by atoms with Gasteiger partial charge in [0.05, 0.1) is 6.61 Å². The van der Waals surface area contributed by atoms with Gasteiger partial charge in [-0.1, -0.05) is 0 Å².